The van der Waals surface area contributed by atoms with Crippen LogP contribution in [0.4, 0.5) is 11.4 Å². The summed E-state index contributed by atoms with van der Waals surface area (Å²) in [7, 11) is 1.78. The maximum Gasteiger partial charge on any atom is 0.335 e. The molecule has 1 saturated carbocycles. The fourth-order valence-electron chi connectivity index (χ4n) is 2.06. The Bertz CT molecular complexity index is 497. The number of nitro groups is 1. The van der Waals surface area contributed by atoms with Crippen molar-refractivity contribution in [2.24, 2.45) is 0 Å². The quantitative estimate of drug-likeness (QED) is 0.654. The average molecular weight is 250 g/mol. The minimum absolute atomic E-state index is 0.0469. The van der Waals surface area contributed by atoms with Crippen LogP contribution in [0.2, 0.25) is 0 Å². The van der Waals surface area contributed by atoms with Crippen molar-refractivity contribution in [1.29, 1.82) is 0 Å². The van der Waals surface area contributed by atoms with Gasteiger partial charge in [0.2, 0.25) is 0 Å². The first kappa shape index (κ1) is 12.3. The van der Waals surface area contributed by atoms with E-state index in [2.05, 4.69) is 0 Å². The molecule has 0 saturated heterocycles. The molecule has 2 rings (SSSR count). The number of hydrogen-bond donors (Lipinski definition) is 1. The molecule has 6 nitrogen and oxygen atoms in total. The number of carboxylic acids is 1. The van der Waals surface area contributed by atoms with Crippen LogP contribution in [0.25, 0.3) is 0 Å². The zero-order valence-corrected chi connectivity index (χ0v) is 10.00. The van der Waals surface area contributed by atoms with Crippen LogP contribution < -0.4 is 4.90 Å². The van der Waals surface area contributed by atoms with Crippen LogP contribution in [0.15, 0.2) is 18.2 Å². The summed E-state index contributed by atoms with van der Waals surface area (Å²) in [6, 6.07) is 4.17. The van der Waals surface area contributed by atoms with Crippen LogP contribution in [0.3, 0.4) is 0 Å². The molecule has 6 heteroatoms. The van der Waals surface area contributed by atoms with Gasteiger partial charge in [-0.15, -0.1) is 0 Å². The second-order valence-electron chi connectivity index (χ2n) is 4.46. The van der Waals surface area contributed by atoms with Crippen molar-refractivity contribution >= 4 is 17.3 Å². The Balaban J connectivity index is 2.42. The monoisotopic (exact) mass is 250 g/mol. The summed E-state index contributed by atoms with van der Waals surface area (Å²) < 4.78 is 0. The Labute approximate surface area is 104 Å². The van der Waals surface area contributed by atoms with Gasteiger partial charge in [-0.2, -0.15) is 0 Å². The number of carbonyl (C=O) groups is 1. The van der Waals surface area contributed by atoms with Crippen LogP contribution in [0, 0.1) is 10.1 Å². The summed E-state index contributed by atoms with van der Waals surface area (Å²) in [5.41, 5.74) is 0.403. The van der Waals surface area contributed by atoms with E-state index in [4.69, 9.17) is 5.11 Å². The fraction of sp³-hybridized carbons (Fsp3) is 0.417. The van der Waals surface area contributed by atoms with Crippen LogP contribution in [0.1, 0.15) is 29.6 Å². The Kier molecular flexibility index (Phi) is 3.18. The summed E-state index contributed by atoms with van der Waals surface area (Å²) in [6.07, 6.45) is 3.09. The van der Waals surface area contributed by atoms with E-state index in [1.165, 1.54) is 18.2 Å². The normalized spacial score (nSPS) is 14.9. The van der Waals surface area contributed by atoms with Gasteiger partial charge < -0.3 is 10.0 Å². The molecule has 1 aromatic carbocycles. The van der Waals surface area contributed by atoms with Crippen molar-refractivity contribution in [3.8, 4) is 0 Å². The van der Waals surface area contributed by atoms with Crippen molar-refractivity contribution in [1.82, 2.24) is 0 Å². The van der Waals surface area contributed by atoms with E-state index in [9.17, 15) is 14.9 Å². The number of hydrogen-bond acceptors (Lipinski definition) is 4. The molecule has 1 aliphatic rings. The van der Waals surface area contributed by atoms with Gasteiger partial charge in [0, 0.05) is 19.2 Å². The van der Waals surface area contributed by atoms with Gasteiger partial charge in [0.25, 0.3) is 5.69 Å². The van der Waals surface area contributed by atoms with E-state index in [1.54, 1.807) is 7.05 Å². The molecule has 96 valence electrons. The summed E-state index contributed by atoms with van der Waals surface area (Å²) in [6.45, 7) is 0. The Morgan fingerprint density at radius 2 is 2.17 bits per heavy atom. The van der Waals surface area contributed by atoms with Crippen molar-refractivity contribution in [2.75, 3.05) is 11.9 Å². The summed E-state index contributed by atoms with van der Waals surface area (Å²) in [5.74, 6) is -1.08. The maximum absolute atomic E-state index is 11.0. The van der Waals surface area contributed by atoms with E-state index in [-0.39, 0.29) is 17.3 Å². The standard InChI is InChI=1S/C12H14N2O4/c1-13(9-3-2-4-9)11-7-8(12(15)16)5-6-10(11)14(17)18/h5-7,9H,2-4H2,1H3,(H,15,16). The number of nitrogens with zero attached hydrogens (tertiary/aromatic N) is 2. The Hall–Kier alpha value is -2.11. The maximum atomic E-state index is 11.0. The predicted octanol–water partition coefficient (Wildman–Crippen LogP) is 2.28. The lowest BCUT2D eigenvalue weighted by molar-refractivity contribution is -0.384. The molecule has 0 heterocycles. The molecular formula is C12H14N2O4. The van der Waals surface area contributed by atoms with Gasteiger partial charge >= 0.3 is 5.97 Å². The van der Waals surface area contributed by atoms with Crippen LogP contribution in [-0.2, 0) is 0 Å². The molecule has 0 amide bonds. The van der Waals surface area contributed by atoms with Crippen LogP contribution >= 0.6 is 0 Å². The molecular weight excluding hydrogens is 236 g/mol. The van der Waals surface area contributed by atoms with Gasteiger partial charge in [-0.3, -0.25) is 10.1 Å². The number of benzene rings is 1. The molecule has 1 aromatic rings. The van der Waals surface area contributed by atoms with Gasteiger partial charge in [0.1, 0.15) is 5.69 Å². The molecule has 0 radical (unpaired) electrons. The number of nitro benzene ring substituents is 1. The molecule has 0 spiro atoms. The third-order valence-electron chi connectivity index (χ3n) is 3.42. The molecule has 1 fully saturated rings. The minimum Gasteiger partial charge on any atom is -0.478 e. The predicted molar refractivity (Wildman–Crippen MR) is 66.1 cm³/mol. The molecule has 0 unspecified atom stereocenters. The highest BCUT2D eigenvalue weighted by molar-refractivity contribution is 5.90. The van der Waals surface area contributed by atoms with Gasteiger partial charge in [0.15, 0.2) is 0 Å². The zero-order chi connectivity index (χ0) is 13.3. The Morgan fingerprint density at radius 1 is 1.50 bits per heavy atom. The first-order chi connectivity index (χ1) is 8.50. The third-order valence-corrected chi connectivity index (χ3v) is 3.42. The Morgan fingerprint density at radius 3 is 2.61 bits per heavy atom. The molecule has 0 aromatic heterocycles. The molecule has 18 heavy (non-hydrogen) atoms. The van der Waals surface area contributed by atoms with Crippen LogP contribution in [-0.4, -0.2) is 29.1 Å². The highest BCUT2D eigenvalue weighted by atomic mass is 16.6. The lowest BCUT2D eigenvalue weighted by Gasteiger charge is -2.36. The smallest absolute Gasteiger partial charge is 0.335 e. The van der Waals surface area contributed by atoms with Crippen molar-refractivity contribution in [3.63, 3.8) is 0 Å². The lowest BCUT2D eigenvalue weighted by atomic mass is 9.91. The fourth-order valence-corrected chi connectivity index (χ4v) is 2.06. The largest absolute Gasteiger partial charge is 0.478 e. The second-order valence-corrected chi connectivity index (χ2v) is 4.46. The molecule has 0 atom stereocenters. The molecule has 0 bridgehead atoms. The highest BCUT2D eigenvalue weighted by Crippen LogP contribution is 2.34. The first-order valence-corrected chi connectivity index (χ1v) is 5.75. The van der Waals surface area contributed by atoms with Gasteiger partial charge in [-0.1, -0.05) is 0 Å². The van der Waals surface area contributed by atoms with Crippen LogP contribution in [0.5, 0.6) is 0 Å². The van der Waals surface area contributed by atoms with E-state index < -0.39 is 10.9 Å². The van der Waals surface area contributed by atoms with Gasteiger partial charge in [-0.05, 0) is 31.4 Å². The zero-order valence-electron chi connectivity index (χ0n) is 10.00. The number of carboxylic acid groups (broad SMARTS) is 1. The van der Waals surface area contributed by atoms with Crippen molar-refractivity contribution in [2.45, 2.75) is 25.3 Å². The summed E-state index contributed by atoms with van der Waals surface area (Å²) >= 11 is 0. The lowest BCUT2D eigenvalue weighted by Crippen LogP contribution is -2.37. The third kappa shape index (κ3) is 2.13. The van der Waals surface area contributed by atoms with Gasteiger partial charge in [0.05, 0.1) is 10.5 Å². The SMILES string of the molecule is CN(c1cc(C(=O)O)ccc1[N+](=O)[O-])C1CCC1. The minimum atomic E-state index is -1.08. The highest BCUT2D eigenvalue weighted by Gasteiger charge is 2.27. The summed E-state index contributed by atoms with van der Waals surface area (Å²) in [4.78, 5) is 23.2. The van der Waals surface area contributed by atoms with E-state index in [1.807, 2.05) is 4.90 Å². The second kappa shape index (κ2) is 4.64. The number of rotatable bonds is 4. The van der Waals surface area contributed by atoms with Crippen molar-refractivity contribution in [3.05, 3.63) is 33.9 Å². The molecule has 1 N–H and O–H groups in total. The molecule has 0 aliphatic heterocycles. The average Bonchev–Trinajstić information content (AvgIpc) is 2.25. The van der Waals surface area contributed by atoms with E-state index >= 15 is 0 Å². The topological polar surface area (TPSA) is 83.7 Å². The molecule has 1 aliphatic carbocycles. The summed E-state index contributed by atoms with van der Waals surface area (Å²) in [5, 5.41) is 19.9. The first-order valence-electron chi connectivity index (χ1n) is 5.75. The van der Waals surface area contributed by atoms with E-state index in [0.717, 1.165) is 19.3 Å². The van der Waals surface area contributed by atoms with Crippen molar-refractivity contribution < 1.29 is 14.8 Å². The van der Waals surface area contributed by atoms with E-state index in [0.29, 0.717) is 5.69 Å². The van der Waals surface area contributed by atoms with Gasteiger partial charge in [-0.25, -0.2) is 4.79 Å². The number of aromatic carboxylic acids is 1. The number of anilines is 1.